The second-order valence-electron chi connectivity index (χ2n) is 4.37. The Morgan fingerprint density at radius 1 is 1.47 bits per heavy atom. The molecule has 1 aliphatic heterocycles. The summed E-state index contributed by atoms with van der Waals surface area (Å²) in [6, 6.07) is 6.72. The number of benzene rings is 1. The van der Waals surface area contributed by atoms with Gasteiger partial charge in [-0.1, -0.05) is 26.0 Å². The van der Waals surface area contributed by atoms with E-state index >= 15 is 0 Å². The zero-order valence-corrected chi connectivity index (χ0v) is 9.53. The molecule has 1 fully saturated rings. The van der Waals surface area contributed by atoms with Gasteiger partial charge in [-0.25, -0.2) is 5.01 Å². The maximum absolute atomic E-state index is 5.73. The molecule has 0 spiro atoms. The van der Waals surface area contributed by atoms with Gasteiger partial charge in [0.1, 0.15) is 5.75 Å². The Labute approximate surface area is 90.8 Å². The molecule has 3 heteroatoms. The van der Waals surface area contributed by atoms with Crippen LogP contribution in [0.5, 0.6) is 5.75 Å². The van der Waals surface area contributed by atoms with Crippen LogP contribution in [0.15, 0.2) is 18.2 Å². The van der Waals surface area contributed by atoms with Crippen LogP contribution >= 0.6 is 0 Å². The van der Waals surface area contributed by atoms with Crippen molar-refractivity contribution < 1.29 is 4.74 Å². The van der Waals surface area contributed by atoms with Crippen LogP contribution in [0.25, 0.3) is 0 Å². The van der Waals surface area contributed by atoms with Crippen molar-refractivity contribution in [2.75, 3.05) is 13.7 Å². The van der Waals surface area contributed by atoms with Gasteiger partial charge in [-0.3, -0.25) is 5.84 Å². The second-order valence-corrected chi connectivity index (χ2v) is 4.37. The molecule has 2 unspecified atom stereocenters. The number of rotatable bonds is 3. The summed E-state index contributed by atoms with van der Waals surface area (Å²) in [5.74, 6) is 7.21. The molecule has 1 aromatic rings. The van der Waals surface area contributed by atoms with E-state index in [2.05, 4.69) is 26.0 Å². The van der Waals surface area contributed by atoms with Crippen LogP contribution in [0.3, 0.4) is 0 Å². The van der Waals surface area contributed by atoms with Gasteiger partial charge in [0.15, 0.2) is 0 Å². The zero-order valence-electron chi connectivity index (χ0n) is 9.53. The standard InChI is InChI=1S/C12H18N2O/c1-8(2)9-4-5-12(15-3)10(6-9)11-7-14(11)13/h4-6,8,11H,7,13H2,1-3H3. The van der Waals surface area contributed by atoms with Crippen molar-refractivity contribution in [3.05, 3.63) is 29.3 Å². The molecule has 1 aliphatic rings. The first kappa shape index (κ1) is 10.5. The molecule has 1 heterocycles. The third-order valence-corrected chi connectivity index (χ3v) is 2.93. The molecule has 0 aromatic heterocycles. The Hall–Kier alpha value is -1.06. The van der Waals surface area contributed by atoms with E-state index in [0.29, 0.717) is 12.0 Å². The van der Waals surface area contributed by atoms with Gasteiger partial charge in [-0.15, -0.1) is 0 Å². The van der Waals surface area contributed by atoms with Gasteiger partial charge in [0.25, 0.3) is 0 Å². The molecular formula is C12H18N2O. The molecule has 0 amide bonds. The van der Waals surface area contributed by atoms with Gasteiger partial charge < -0.3 is 4.74 Å². The van der Waals surface area contributed by atoms with Crippen LogP contribution in [-0.2, 0) is 0 Å². The lowest BCUT2D eigenvalue weighted by atomic mass is 9.99. The summed E-state index contributed by atoms with van der Waals surface area (Å²) in [6.45, 7) is 5.31. The second kappa shape index (κ2) is 3.83. The van der Waals surface area contributed by atoms with Crippen LogP contribution in [-0.4, -0.2) is 18.7 Å². The summed E-state index contributed by atoms with van der Waals surface area (Å²) >= 11 is 0. The molecule has 0 saturated carbocycles. The Kier molecular flexibility index (Phi) is 2.67. The third kappa shape index (κ3) is 1.98. The molecule has 2 atom stereocenters. The van der Waals surface area contributed by atoms with Gasteiger partial charge >= 0.3 is 0 Å². The summed E-state index contributed by atoms with van der Waals surface area (Å²) in [7, 11) is 1.71. The molecule has 3 nitrogen and oxygen atoms in total. The fourth-order valence-corrected chi connectivity index (χ4v) is 1.80. The summed E-state index contributed by atoms with van der Waals surface area (Å²) in [6.07, 6.45) is 0. The van der Waals surface area contributed by atoms with E-state index in [0.717, 1.165) is 12.3 Å². The van der Waals surface area contributed by atoms with Crippen molar-refractivity contribution in [3.63, 3.8) is 0 Å². The van der Waals surface area contributed by atoms with E-state index in [4.69, 9.17) is 10.6 Å². The van der Waals surface area contributed by atoms with Crippen LogP contribution in [0.1, 0.15) is 36.9 Å². The van der Waals surface area contributed by atoms with E-state index < -0.39 is 0 Å². The molecule has 1 aromatic carbocycles. The quantitative estimate of drug-likeness (QED) is 0.607. The Morgan fingerprint density at radius 3 is 2.60 bits per heavy atom. The lowest BCUT2D eigenvalue weighted by molar-refractivity contribution is 0.405. The molecular weight excluding hydrogens is 188 g/mol. The van der Waals surface area contributed by atoms with Gasteiger partial charge in [-0.2, -0.15) is 0 Å². The molecule has 82 valence electrons. The van der Waals surface area contributed by atoms with Gasteiger partial charge in [-0.05, 0) is 17.5 Å². The van der Waals surface area contributed by atoms with Crippen molar-refractivity contribution in [3.8, 4) is 5.75 Å². The van der Waals surface area contributed by atoms with Crippen LogP contribution in [0, 0.1) is 0 Å². The highest BCUT2D eigenvalue weighted by Crippen LogP contribution is 2.38. The monoisotopic (exact) mass is 206 g/mol. The Bertz CT molecular complexity index is 363. The lowest BCUT2D eigenvalue weighted by Gasteiger charge is -2.12. The van der Waals surface area contributed by atoms with Crippen molar-refractivity contribution in [1.82, 2.24) is 5.01 Å². The van der Waals surface area contributed by atoms with Crippen molar-refractivity contribution in [2.45, 2.75) is 25.8 Å². The number of nitrogens with two attached hydrogens (primary N) is 1. The molecule has 2 N–H and O–H groups in total. The number of hydrogen-bond acceptors (Lipinski definition) is 3. The average molecular weight is 206 g/mol. The normalized spacial score (nSPS) is 24.3. The van der Waals surface area contributed by atoms with Crippen LogP contribution in [0.4, 0.5) is 0 Å². The van der Waals surface area contributed by atoms with E-state index in [1.165, 1.54) is 11.1 Å². The smallest absolute Gasteiger partial charge is 0.123 e. The fourth-order valence-electron chi connectivity index (χ4n) is 1.80. The zero-order chi connectivity index (χ0) is 11.0. The minimum absolute atomic E-state index is 0.346. The molecule has 15 heavy (non-hydrogen) atoms. The predicted molar refractivity (Wildman–Crippen MR) is 60.7 cm³/mol. The van der Waals surface area contributed by atoms with Crippen molar-refractivity contribution >= 4 is 0 Å². The average Bonchev–Trinajstić information content (AvgIpc) is 2.94. The maximum atomic E-state index is 5.73. The minimum atomic E-state index is 0.346. The summed E-state index contributed by atoms with van der Waals surface area (Å²) in [4.78, 5) is 0. The summed E-state index contributed by atoms with van der Waals surface area (Å²) in [5.41, 5.74) is 2.55. The Balaban J connectivity index is 2.35. The fraction of sp³-hybridized carbons (Fsp3) is 0.500. The number of hydrogen-bond donors (Lipinski definition) is 1. The predicted octanol–water partition coefficient (Wildman–Crippen LogP) is 2.05. The lowest BCUT2D eigenvalue weighted by Crippen LogP contribution is -2.07. The molecule has 0 aliphatic carbocycles. The molecule has 0 radical (unpaired) electrons. The highest BCUT2D eigenvalue weighted by molar-refractivity contribution is 5.42. The molecule has 0 bridgehead atoms. The maximum Gasteiger partial charge on any atom is 0.123 e. The Morgan fingerprint density at radius 2 is 2.13 bits per heavy atom. The SMILES string of the molecule is COc1ccc(C(C)C)cc1C1CN1N. The van der Waals surface area contributed by atoms with Crippen molar-refractivity contribution in [1.29, 1.82) is 0 Å². The first-order chi connectivity index (χ1) is 7.13. The number of nitrogens with zero attached hydrogens (tertiary/aromatic N) is 1. The van der Waals surface area contributed by atoms with Crippen molar-refractivity contribution in [2.24, 2.45) is 5.84 Å². The van der Waals surface area contributed by atoms with E-state index in [1.54, 1.807) is 7.11 Å². The largest absolute Gasteiger partial charge is 0.496 e. The van der Waals surface area contributed by atoms with E-state index in [-0.39, 0.29) is 0 Å². The first-order valence-corrected chi connectivity index (χ1v) is 5.32. The third-order valence-electron chi connectivity index (χ3n) is 2.93. The van der Waals surface area contributed by atoms with E-state index in [9.17, 15) is 0 Å². The molecule has 2 rings (SSSR count). The summed E-state index contributed by atoms with van der Waals surface area (Å²) in [5, 5.41) is 1.82. The number of hydrazine groups is 1. The number of ether oxygens (including phenoxy) is 1. The minimum Gasteiger partial charge on any atom is -0.496 e. The van der Waals surface area contributed by atoms with E-state index in [1.807, 2.05) is 11.1 Å². The topological polar surface area (TPSA) is 38.3 Å². The van der Waals surface area contributed by atoms with Gasteiger partial charge in [0, 0.05) is 12.1 Å². The highest BCUT2D eigenvalue weighted by atomic mass is 16.5. The number of methoxy groups -OCH3 is 1. The van der Waals surface area contributed by atoms with Gasteiger partial charge in [0.05, 0.1) is 13.2 Å². The summed E-state index contributed by atoms with van der Waals surface area (Å²) < 4.78 is 5.35. The van der Waals surface area contributed by atoms with Crippen LogP contribution < -0.4 is 10.6 Å². The van der Waals surface area contributed by atoms with Crippen LogP contribution in [0.2, 0.25) is 0 Å². The highest BCUT2D eigenvalue weighted by Gasteiger charge is 2.34. The first-order valence-electron chi connectivity index (χ1n) is 5.32. The van der Waals surface area contributed by atoms with Gasteiger partial charge in [0.2, 0.25) is 0 Å². The molecule has 1 saturated heterocycles.